The quantitative estimate of drug-likeness (QED) is 0.843. The minimum Gasteiger partial charge on any atom is -0.367 e. The molecule has 2 unspecified atom stereocenters. The number of unbranched alkanes of at least 4 members (excludes halogenated alkanes) is 1. The second-order valence-electron chi connectivity index (χ2n) is 4.80. The average Bonchev–Trinajstić information content (AvgIpc) is 2.90. The second-order valence-corrected chi connectivity index (χ2v) is 4.80. The largest absolute Gasteiger partial charge is 0.367 e. The van der Waals surface area contributed by atoms with Gasteiger partial charge in [-0.2, -0.15) is 4.98 Å². The number of hydrogen-bond acceptors (Lipinski definition) is 5. The normalized spacial score (nSPS) is 22.0. The van der Waals surface area contributed by atoms with Crippen LogP contribution in [0.5, 0.6) is 0 Å². The smallest absolute Gasteiger partial charge is 0.229 e. The van der Waals surface area contributed by atoms with Crippen molar-refractivity contribution in [1.29, 1.82) is 0 Å². The molecule has 1 saturated heterocycles. The molecule has 1 aliphatic rings. The van der Waals surface area contributed by atoms with Gasteiger partial charge < -0.3 is 14.6 Å². The number of nitrogens with one attached hydrogen (secondary N) is 1. The Bertz CT molecular complexity index is 348. The molecule has 1 aliphatic heterocycles. The summed E-state index contributed by atoms with van der Waals surface area (Å²) in [6, 6.07) is 0. The van der Waals surface area contributed by atoms with E-state index in [4.69, 9.17) is 9.26 Å². The van der Waals surface area contributed by atoms with Crippen LogP contribution in [0.4, 0.5) is 0 Å². The van der Waals surface area contributed by atoms with Crippen molar-refractivity contribution >= 4 is 0 Å². The number of nitrogens with zero attached hydrogens (tertiary/aromatic N) is 2. The lowest BCUT2D eigenvalue weighted by Crippen LogP contribution is -2.33. The first kappa shape index (κ1) is 13.5. The summed E-state index contributed by atoms with van der Waals surface area (Å²) in [7, 11) is 0. The highest BCUT2D eigenvalue weighted by molar-refractivity contribution is 4.97. The first-order chi connectivity index (χ1) is 8.85. The zero-order valence-electron chi connectivity index (χ0n) is 11.3. The fourth-order valence-electron chi connectivity index (χ4n) is 2.23. The van der Waals surface area contributed by atoms with E-state index in [1.807, 2.05) is 0 Å². The summed E-state index contributed by atoms with van der Waals surface area (Å²) < 4.78 is 11.0. The topological polar surface area (TPSA) is 60.2 Å². The Balaban J connectivity index is 1.98. The maximum Gasteiger partial charge on any atom is 0.229 e. The van der Waals surface area contributed by atoms with E-state index in [1.165, 1.54) is 12.8 Å². The maximum absolute atomic E-state index is 5.62. The molecule has 5 heteroatoms. The second kappa shape index (κ2) is 6.85. The lowest BCUT2D eigenvalue weighted by atomic mass is 9.99. The molecule has 0 bridgehead atoms. The van der Waals surface area contributed by atoms with Crippen molar-refractivity contribution < 1.29 is 9.26 Å². The highest BCUT2D eigenvalue weighted by Crippen LogP contribution is 2.25. The number of aromatic nitrogens is 2. The maximum atomic E-state index is 5.62. The lowest BCUT2D eigenvalue weighted by molar-refractivity contribution is 0.0208. The Morgan fingerprint density at radius 1 is 1.44 bits per heavy atom. The molecule has 2 atom stereocenters. The van der Waals surface area contributed by atoms with E-state index in [0.29, 0.717) is 18.3 Å². The molecular weight excluding hydrogens is 230 g/mol. The Morgan fingerprint density at radius 3 is 3.00 bits per heavy atom. The van der Waals surface area contributed by atoms with Gasteiger partial charge in [0.15, 0.2) is 0 Å². The van der Waals surface area contributed by atoms with Gasteiger partial charge in [0.25, 0.3) is 0 Å². The zero-order valence-corrected chi connectivity index (χ0v) is 11.3. The van der Waals surface area contributed by atoms with Crippen LogP contribution in [0.1, 0.15) is 63.3 Å². The van der Waals surface area contributed by atoms with E-state index in [2.05, 4.69) is 29.3 Å². The van der Waals surface area contributed by atoms with E-state index in [9.17, 15) is 0 Å². The van der Waals surface area contributed by atoms with Crippen molar-refractivity contribution in [2.45, 2.75) is 51.6 Å². The van der Waals surface area contributed by atoms with Crippen LogP contribution in [0.3, 0.4) is 0 Å². The van der Waals surface area contributed by atoms with Crippen LogP contribution < -0.4 is 5.32 Å². The molecule has 0 spiro atoms. The van der Waals surface area contributed by atoms with Crippen LogP contribution in [0.25, 0.3) is 0 Å². The van der Waals surface area contributed by atoms with Crippen LogP contribution in [0, 0.1) is 0 Å². The van der Waals surface area contributed by atoms with Gasteiger partial charge in [0.2, 0.25) is 11.7 Å². The zero-order chi connectivity index (χ0) is 12.8. The summed E-state index contributed by atoms with van der Waals surface area (Å²) in [4.78, 5) is 4.52. The van der Waals surface area contributed by atoms with Gasteiger partial charge in [-0.25, -0.2) is 0 Å². The SMILES string of the molecule is CCCCC(CC)c1nc(C2CNCCO2)no1. The lowest BCUT2D eigenvalue weighted by Gasteiger charge is -2.20. The van der Waals surface area contributed by atoms with Gasteiger partial charge in [0.1, 0.15) is 6.10 Å². The van der Waals surface area contributed by atoms with Crippen molar-refractivity contribution in [3.63, 3.8) is 0 Å². The Morgan fingerprint density at radius 2 is 2.33 bits per heavy atom. The minimum absolute atomic E-state index is 0.0556. The van der Waals surface area contributed by atoms with Gasteiger partial charge in [-0.05, 0) is 12.8 Å². The number of morpholine rings is 1. The third-order valence-corrected chi connectivity index (χ3v) is 3.42. The van der Waals surface area contributed by atoms with Crippen molar-refractivity contribution in [3.05, 3.63) is 11.7 Å². The highest BCUT2D eigenvalue weighted by atomic mass is 16.5. The van der Waals surface area contributed by atoms with Gasteiger partial charge in [-0.1, -0.05) is 31.8 Å². The van der Waals surface area contributed by atoms with Crippen LogP contribution in [-0.2, 0) is 4.74 Å². The van der Waals surface area contributed by atoms with E-state index < -0.39 is 0 Å². The molecular formula is C13H23N3O2. The molecule has 0 amide bonds. The summed E-state index contributed by atoms with van der Waals surface area (Å²) in [6.45, 7) is 6.75. The summed E-state index contributed by atoms with van der Waals surface area (Å²) >= 11 is 0. The Labute approximate surface area is 108 Å². The number of ether oxygens (including phenoxy) is 1. The Hall–Kier alpha value is -0.940. The van der Waals surface area contributed by atoms with Crippen molar-refractivity contribution in [1.82, 2.24) is 15.5 Å². The number of rotatable bonds is 6. The van der Waals surface area contributed by atoms with E-state index in [-0.39, 0.29) is 6.10 Å². The molecule has 2 rings (SSSR count). The van der Waals surface area contributed by atoms with E-state index >= 15 is 0 Å². The molecule has 0 aliphatic carbocycles. The molecule has 5 nitrogen and oxygen atoms in total. The summed E-state index contributed by atoms with van der Waals surface area (Å²) in [5, 5.41) is 7.34. The highest BCUT2D eigenvalue weighted by Gasteiger charge is 2.23. The average molecular weight is 253 g/mol. The van der Waals surface area contributed by atoms with Gasteiger partial charge >= 0.3 is 0 Å². The molecule has 0 saturated carbocycles. The fraction of sp³-hybridized carbons (Fsp3) is 0.846. The molecule has 0 aromatic carbocycles. The first-order valence-corrected chi connectivity index (χ1v) is 7.01. The molecule has 18 heavy (non-hydrogen) atoms. The van der Waals surface area contributed by atoms with Crippen LogP contribution in [0.2, 0.25) is 0 Å². The standard InChI is InChI=1S/C13H23N3O2/c1-3-5-6-10(4-2)13-15-12(16-18-13)11-9-14-7-8-17-11/h10-11,14H,3-9H2,1-2H3. The number of hydrogen-bond donors (Lipinski definition) is 1. The van der Waals surface area contributed by atoms with Crippen molar-refractivity contribution in [2.24, 2.45) is 0 Å². The Kier molecular flexibility index (Phi) is 5.13. The van der Waals surface area contributed by atoms with E-state index in [1.54, 1.807) is 0 Å². The molecule has 2 heterocycles. The summed E-state index contributed by atoms with van der Waals surface area (Å²) in [6.07, 6.45) is 4.52. The molecule has 1 aromatic rings. The predicted octanol–water partition coefficient (Wildman–Crippen LogP) is 2.41. The molecule has 0 radical (unpaired) electrons. The molecule has 1 fully saturated rings. The predicted molar refractivity (Wildman–Crippen MR) is 68.4 cm³/mol. The van der Waals surface area contributed by atoms with Crippen molar-refractivity contribution in [2.75, 3.05) is 19.7 Å². The van der Waals surface area contributed by atoms with Crippen LogP contribution >= 0.6 is 0 Å². The molecule has 1 N–H and O–H groups in total. The molecule has 102 valence electrons. The van der Waals surface area contributed by atoms with Gasteiger partial charge in [-0.15, -0.1) is 0 Å². The molecule has 1 aromatic heterocycles. The first-order valence-electron chi connectivity index (χ1n) is 7.01. The monoisotopic (exact) mass is 253 g/mol. The summed E-state index contributed by atoms with van der Waals surface area (Å²) in [5.74, 6) is 1.85. The van der Waals surface area contributed by atoms with Gasteiger partial charge in [0.05, 0.1) is 6.61 Å². The van der Waals surface area contributed by atoms with E-state index in [0.717, 1.165) is 31.8 Å². The van der Waals surface area contributed by atoms with Crippen LogP contribution in [-0.4, -0.2) is 29.8 Å². The summed E-state index contributed by atoms with van der Waals surface area (Å²) in [5.41, 5.74) is 0. The van der Waals surface area contributed by atoms with Crippen molar-refractivity contribution in [3.8, 4) is 0 Å². The van der Waals surface area contributed by atoms with Gasteiger partial charge in [0, 0.05) is 19.0 Å². The fourth-order valence-corrected chi connectivity index (χ4v) is 2.23. The van der Waals surface area contributed by atoms with Gasteiger partial charge in [-0.3, -0.25) is 0 Å². The third-order valence-electron chi connectivity index (χ3n) is 3.42. The third kappa shape index (κ3) is 3.29. The minimum atomic E-state index is -0.0556. The van der Waals surface area contributed by atoms with Crippen LogP contribution in [0.15, 0.2) is 4.52 Å².